The molecule has 1 heterocycles. The van der Waals surface area contributed by atoms with Crippen LogP contribution in [0.5, 0.6) is 11.5 Å². The molecule has 156 valence electrons. The van der Waals surface area contributed by atoms with E-state index in [1.807, 2.05) is 0 Å². The van der Waals surface area contributed by atoms with E-state index in [1.54, 1.807) is 6.92 Å². The van der Waals surface area contributed by atoms with Crippen LogP contribution in [0, 0.1) is 15.9 Å². The van der Waals surface area contributed by atoms with Crippen LogP contribution in [0.1, 0.15) is 12.5 Å². The van der Waals surface area contributed by atoms with E-state index in [9.17, 15) is 24.1 Å². The van der Waals surface area contributed by atoms with Crippen molar-refractivity contribution < 1.29 is 33.1 Å². The summed E-state index contributed by atoms with van der Waals surface area (Å²) in [6, 6.07) is 7.91. The molecule has 1 aliphatic heterocycles. The first-order valence-electron chi connectivity index (χ1n) is 8.88. The Kier molecular flexibility index (Phi) is 6.26. The third kappa shape index (κ3) is 4.72. The molecule has 0 saturated carbocycles. The van der Waals surface area contributed by atoms with Gasteiger partial charge in [0.05, 0.1) is 16.6 Å². The number of carbonyl (C=O) groups excluding carboxylic acids is 2. The summed E-state index contributed by atoms with van der Waals surface area (Å²) in [7, 11) is 0. The third-order valence-corrected chi connectivity index (χ3v) is 4.21. The Morgan fingerprint density at radius 1 is 1.23 bits per heavy atom. The Balaban J connectivity index is 1.64. The molecule has 0 aromatic heterocycles. The topological polar surface area (TPSA) is 108 Å². The number of anilines is 1. The molecule has 1 aliphatic rings. The van der Waals surface area contributed by atoms with E-state index in [-0.39, 0.29) is 23.8 Å². The summed E-state index contributed by atoms with van der Waals surface area (Å²) in [5.74, 6) is -1.23. The molecule has 0 spiro atoms. The number of benzene rings is 2. The maximum Gasteiger partial charge on any atom is 0.331 e. The number of esters is 1. The molecule has 0 N–H and O–H groups in total. The number of rotatable bonds is 7. The van der Waals surface area contributed by atoms with Crippen molar-refractivity contribution in [3.63, 3.8) is 0 Å². The fourth-order valence-corrected chi connectivity index (χ4v) is 2.78. The Bertz CT molecular complexity index is 1000. The van der Waals surface area contributed by atoms with Crippen molar-refractivity contribution in [1.29, 1.82) is 0 Å². The second-order valence-corrected chi connectivity index (χ2v) is 6.08. The van der Waals surface area contributed by atoms with Crippen molar-refractivity contribution in [1.82, 2.24) is 0 Å². The molecule has 9 nitrogen and oxygen atoms in total. The predicted molar refractivity (Wildman–Crippen MR) is 104 cm³/mol. The van der Waals surface area contributed by atoms with Crippen molar-refractivity contribution in [2.75, 3.05) is 24.8 Å². The van der Waals surface area contributed by atoms with Gasteiger partial charge in [-0.05, 0) is 43.3 Å². The van der Waals surface area contributed by atoms with Crippen molar-refractivity contribution >= 4 is 29.3 Å². The van der Waals surface area contributed by atoms with E-state index in [2.05, 4.69) is 0 Å². The van der Waals surface area contributed by atoms with Crippen LogP contribution in [0.25, 0.3) is 6.08 Å². The number of carbonyl (C=O) groups is 2. The molecule has 30 heavy (non-hydrogen) atoms. The molecule has 0 atom stereocenters. The van der Waals surface area contributed by atoms with Gasteiger partial charge < -0.3 is 19.1 Å². The van der Waals surface area contributed by atoms with Gasteiger partial charge in [-0.1, -0.05) is 0 Å². The van der Waals surface area contributed by atoms with Crippen molar-refractivity contribution in [2.24, 2.45) is 0 Å². The molecule has 0 bridgehead atoms. The van der Waals surface area contributed by atoms with Crippen LogP contribution in [0.15, 0.2) is 42.5 Å². The van der Waals surface area contributed by atoms with Gasteiger partial charge in [0.15, 0.2) is 18.1 Å². The third-order valence-electron chi connectivity index (χ3n) is 4.21. The number of hydrogen-bond donors (Lipinski definition) is 0. The highest BCUT2D eigenvalue weighted by atomic mass is 19.1. The average molecular weight is 416 g/mol. The summed E-state index contributed by atoms with van der Waals surface area (Å²) in [5, 5.41) is 11.2. The average Bonchev–Trinajstić information content (AvgIpc) is 3.19. The highest BCUT2D eigenvalue weighted by molar-refractivity contribution is 5.96. The van der Waals surface area contributed by atoms with Gasteiger partial charge >= 0.3 is 5.97 Å². The number of hydrogen-bond acceptors (Lipinski definition) is 7. The Morgan fingerprint density at radius 2 is 1.90 bits per heavy atom. The Labute approximate surface area is 170 Å². The van der Waals surface area contributed by atoms with E-state index in [1.165, 1.54) is 47.4 Å². The van der Waals surface area contributed by atoms with Gasteiger partial charge in [0.2, 0.25) is 6.79 Å². The first-order valence-corrected chi connectivity index (χ1v) is 8.88. The van der Waals surface area contributed by atoms with Gasteiger partial charge in [0.25, 0.3) is 11.6 Å². The molecule has 2 aromatic carbocycles. The fourth-order valence-electron chi connectivity index (χ4n) is 2.78. The van der Waals surface area contributed by atoms with Crippen molar-refractivity contribution in [2.45, 2.75) is 6.92 Å². The SMILES string of the molecule is CCN(C(=O)COC(=O)/C=C/c1cc2c(cc1[N+](=O)[O-])OCO2)c1ccc(F)cc1. The van der Waals surface area contributed by atoms with Gasteiger partial charge in [-0.15, -0.1) is 0 Å². The van der Waals surface area contributed by atoms with Crippen LogP contribution < -0.4 is 14.4 Å². The maximum atomic E-state index is 13.0. The zero-order chi connectivity index (χ0) is 21.7. The standard InChI is InChI=1S/C20H17FN2O7/c1-2-22(15-6-4-14(21)5-7-15)19(24)11-28-20(25)8-3-13-9-17-18(30-12-29-17)10-16(13)23(26)27/h3-10H,2,11-12H2,1H3/b8-3+. The normalized spacial score (nSPS) is 12.1. The number of halogens is 1. The maximum absolute atomic E-state index is 13.0. The Hall–Kier alpha value is -3.95. The first kappa shape index (κ1) is 20.8. The zero-order valence-electron chi connectivity index (χ0n) is 15.9. The van der Waals surface area contributed by atoms with Crippen LogP contribution in [0.3, 0.4) is 0 Å². The van der Waals surface area contributed by atoms with E-state index < -0.39 is 29.2 Å². The lowest BCUT2D eigenvalue weighted by atomic mass is 10.1. The number of amides is 1. The van der Waals surface area contributed by atoms with Gasteiger partial charge in [-0.25, -0.2) is 9.18 Å². The Morgan fingerprint density at radius 3 is 2.53 bits per heavy atom. The molecule has 0 saturated heterocycles. The number of likely N-dealkylation sites (N-methyl/N-ethyl adjacent to an activating group) is 1. The fraction of sp³-hybridized carbons (Fsp3) is 0.200. The number of nitro benzene ring substituents is 1. The molecule has 2 aromatic rings. The summed E-state index contributed by atoms with van der Waals surface area (Å²) in [4.78, 5) is 36.2. The molecule has 0 aliphatic carbocycles. The van der Waals surface area contributed by atoms with Crippen LogP contribution in [-0.4, -0.2) is 36.7 Å². The van der Waals surface area contributed by atoms with Crippen LogP contribution in [-0.2, 0) is 14.3 Å². The summed E-state index contributed by atoms with van der Waals surface area (Å²) >= 11 is 0. The van der Waals surface area contributed by atoms with Crippen molar-refractivity contribution in [3.8, 4) is 11.5 Å². The minimum absolute atomic E-state index is 0.0498. The number of nitro groups is 1. The molecule has 3 rings (SSSR count). The highest BCUT2D eigenvalue weighted by Gasteiger charge is 2.22. The van der Waals surface area contributed by atoms with Crippen LogP contribution in [0.4, 0.5) is 15.8 Å². The molecule has 0 radical (unpaired) electrons. The van der Waals surface area contributed by atoms with Crippen LogP contribution in [0.2, 0.25) is 0 Å². The largest absolute Gasteiger partial charge is 0.454 e. The van der Waals surface area contributed by atoms with E-state index >= 15 is 0 Å². The van der Waals surface area contributed by atoms with E-state index in [0.29, 0.717) is 18.0 Å². The van der Waals surface area contributed by atoms with E-state index in [0.717, 1.165) is 6.08 Å². The number of fused-ring (bicyclic) bond motifs is 1. The minimum atomic E-state index is -0.856. The smallest absolute Gasteiger partial charge is 0.331 e. The summed E-state index contributed by atoms with van der Waals surface area (Å²) in [6.45, 7) is 1.42. The zero-order valence-corrected chi connectivity index (χ0v) is 15.9. The second-order valence-electron chi connectivity index (χ2n) is 6.08. The molecule has 10 heteroatoms. The molecular formula is C20H17FN2O7. The monoisotopic (exact) mass is 416 g/mol. The van der Waals surface area contributed by atoms with Gasteiger partial charge in [-0.2, -0.15) is 0 Å². The second kappa shape index (κ2) is 9.03. The van der Waals surface area contributed by atoms with Crippen LogP contribution >= 0.6 is 0 Å². The van der Waals surface area contributed by atoms with Crippen molar-refractivity contribution in [3.05, 3.63) is 64.0 Å². The lowest BCUT2D eigenvalue weighted by Crippen LogP contribution is -2.34. The molecule has 0 unspecified atom stereocenters. The lowest BCUT2D eigenvalue weighted by molar-refractivity contribution is -0.385. The predicted octanol–water partition coefficient (Wildman–Crippen LogP) is 3.07. The summed E-state index contributed by atoms with van der Waals surface area (Å²) < 4.78 is 28.3. The molecule has 1 amide bonds. The number of ether oxygens (including phenoxy) is 3. The van der Waals surface area contributed by atoms with Gasteiger partial charge in [0.1, 0.15) is 5.82 Å². The molecular weight excluding hydrogens is 399 g/mol. The lowest BCUT2D eigenvalue weighted by Gasteiger charge is -2.20. The number of nitrogens with zero attached hydrogens (tertiary/aromatic N) is 2. The summed E-state index contributed by atoms with van der Waals surface area (Å²) in [6.07, 6.45) is 2.18. The molecule has 0 fully saturated rings. The van der Waals surface area contributed by atoms with Gasteiger partial charge in [-0.3, -0.25) is 14.9 Å². The van der Waals surface area contributed by atoms with E-state index in [4.69, 9.17) is 14.2 Å². The first-order chi connectivity index (χ1) is 14.4. The minimum Gasteiger partial charge on any atom is -0.454 e. The highest BCUT2D eigenvalue weighted by Crippen LogP contribution is 2.38. The quantitative estimate of drug-likeness (QED) is 0.295. The van der Waals surface area contributed by atoms with Gasteiger partial charge in [0, 0.05) is 18.3 Å². The summed E-state index contributed by atoms with van der Waals surface area (Å²) in [5.41, 5.74) is 0.313.